The fraction of sp³-hybridized carbons (Fsp3) is 0.625. The number of piperazine rings is 1. The van der Waals surface area contributed by atoms with Crippen LogP contribution >= 0.6 is 23.2 Å². The van der Waals surface area contributed by atoms with E-state index in [1.807, 2.05) is 18.2 Å². The van der Waals surface area contributed by atoms with E-state index in [9.17, 15) is 0 Å². The second-order valence-corrected chi connectivity index (χ2v) is 7.17. The Labute approximate surface area is 132 Å². The largest absolute Gasteiger partial charge is 0.364 e. The average molecular weight is 315 g/mol. The molecule has 1 saturated heterocycles. The third-order valence-electron chi connectivity index (χ3n) is 4.43. The summed E-state index contributed by atoms with van der Waals surface area (Å²) in [5.74, 6) is 0.565. The van der Waals surface area contributed by atoms with Gasteiger partial charge in [-0.05, 0) is 37.5 Å². The predicted molar refractivity (Wildman–Crippen MR) is 89.1 cm³/mol. The van der Waals surface area contributed by atoms with E-state index in [-0.39, 0.29) is 5.54 Å². The van der Waals surface area contributed by atoms with Crippen LogP contribution in [0, 0.1) is 5.92 Å². The molecule has 0 bridgehead atoms. The van der Waals surface area contributed by atoms with E-state index in [2.05, 4.69) is 37.9 Å². The molecule has 2 atom stereocenters. The Kier molecular flexibility index (Phi) is 4.88. The second kappa shape index (κ2) is 6.13. The molecule has 1 aliphatic heterocycles. The van der Waals surface area contributed by atoms with Gasteiger partial charge in [0.1, 0.15) is 0 Å². The number of anilines is 1. The lowest BCUT2D eigenvalue weighted by Gasteiger charge is -2.49. The van der Waals surface area contributed by atoms with Crippen molar-refractivity contribution in [2.45, 2.75) is 45.7 Å². The number of nitrogens with zero attached hydrogens (tertiary/aromatic N) is 1. The van der Waals surface area contributed by atoms with E-state index >= 15 is 0 Å². The van der Waals surface area contributed by atoms with Crippen molar-refractivity contribution in [3.63, 3.8) is 0 Å². The van der Waals surface area contributed by atoms with Gasteiger partial charge in [0.15, 0.2) is 0 Å². The number of hydrogen-bond donors (Lipinski definition) is 1. The predicted octanol–water partition coefficient (Wildman–Crippen LogP) is 4.60. The molecular weight excluding hydrogens is 291 g/mol. The quantitative estimate of drug-likeness (QED) is 0.877. The highest BCUT2D eigenvalue weighted by Crippen LogP contribution is 2.34. The van der Waals surface area contributed by atoms with Crippen LogP contribution < -0.4 is 10.2 Å². The molecule has 2 nitrogen and oxygen atoms in total. The Hall–Kier alpha value is -0.440. The summed E-state index contributed by atoms with van der Waals surface area (Å²) < 4.78 is 0. The lowest BCUT2D eigenvalue weighted by molar-refractivity contribution is 0.253. The van der Waals surface area contributed by atoms with Crippen LogP contribution in [0.2, 0.25) is 10.0 Å². The maximum absolute atomic E-state index is 6.42. The first-order valence-electron chi connectivity index (χ1n) is 7.33. The fourth-order valence-electron chi connectivity index (χ4n) is 2.82. The minimum Gasteiger partial charge on any atom is -0.364 e. The summed E-state index contributed by atoms with van der Waals surface area (Å²) in [7, 11) is 0. The third kappa shape index (κ3) is 3.24. The van der Waals surface area contributed by atoms with Crippen molar-refractivity contribution >= 4 is 28.9 Å². The molecule has 0 spiro atoms. The molecular formula is C16H24Cl2N2. The number of nitrogens with one attached hydrogen (secondary N) is 1. The maximum atomic E-state index is 6.42. The van der Waals surface area contributed by atoms with Gasteiger partial charge < -0.3 is 10.2 Å². The first-order chi connectivity index (χ1) is 9.36. The zero-order valence-electron chi connectivity index (χ0n) is 12.7. The van der Waals surface area contributed by atoms with Crippen LogP contribution in [0.3, 0.4) is 0 Å². The van der Waals surface area contributed by atoms with Crippen molar-refractivity contribution in [1.29, 1.82) is 0 Å². The van der Waals surface area contributed by atoms with Gasteiger partial charge in [-0.1, -0.05) is 44.0 Å². The Morgan fingerprint density at radius 1 is 1.40 bits per heavy atom. The molecule has 1 aliphatic rings. The average Bonchev–Trinajstić information content (AvgIpc) is 2.38. The molecule has 1 aromatic carbocycles. The molecule has 1 fully saturated rings. The van der Waals surface area contributed by atoms with E-state index in [1.54, 1.807) is 0 Å². The lowest BCUT2D eigenvalue weighted by Crippen LogP contribution is -2.64. The van der Waals surface area contributed by atoms with Crippen molar-refractivity contribution in [2.75, 3.05) is 18.0 Å². The standard InChI is InChI=1S/C16H24Cl2N2/c1-5-16(4)10-20(15(9-19-16)11(2)3)14-7-6-12(17)8-13(14)18/h6-8,11,15,19H,5,9-10H2,1-4H3. The van der Waals surface area contributed by atoms with Gasteiger partial charge in [0.05, 0.1) is 10.7 Å². The van der Waals surface area contributed by atoms with Crippen LogP contribution in [0.4, 0.5) is 5.69 Å². The number of benzene rings is 1. The molecule has 20 heavy (non-hydrogen) atoms. The van der Waals surface area contributed by atoms with Crippen molar-refractivity contribution in [1.82, 2.24) is 5.32 Å². The van der Waals surface area contributed by atoms with Gasteiger partial charge in [-0.25, -0.2) is 0 Å². The van der Waals surface area contributed by atoms with Crippen LogP contribution in [0.15, 0.2) is 18.2 Å². The number of hydrogen-bond acceptors (Lipinski definition) is 2. The molecule has 0 radical (unpaired) electrons. The zero-order chi connectivity index (χ0) is 14.9. The van der Waals surface area contributed by atoms with Crippen molar-refractivity contribution in [3.05, 3.63) is 28.2 Å². The highest BCUT2D eigenvalue weighted by Gasteiger charge is 2.36. The normalized spacial score (nSPS) is 27.1. The molecule has 2 rings (SSSR count). The minimum atomic E-state index is 0.133. The molecule has 1 heterocycles. The lowest BCUT2D eigenvalue weighted by atomic mass is 9.89. The van der Waals surface area contributed by atoms with E-state index in [1.165, 1.54) is 0 Å². The third-order valence-corrected chi connectivity index (χ3v) is 4.96. The Bertz CT molecular complexity index is 476. The smallest absolute Gasteiger partial charge is 0.0654 e. The van der Waals surface area contributed by atoms with Crippen molar-refractivity contribution in [2.24, 2.45) is 5.92 Å². The molecule has 0 aliphatic carbocycles. The Morgan fingerprint density at radius 3 is 2.65 bits per heavy atom. The summed E-state index contributed by atoms with van der Waals surface area (Å²) >= 11 is 12.4. The first-order valence-corrected chi connectivity index (χ1v) is 8.08. The Morgan fingerprint density at radius 2 is 2.10 bits per heavy atom. The topological polar surface area (TPSA) is 15.3 Å². The molecule has 2 unspecified atom stereocenters. The highest BCUT2D eigenvalue weighted by molar-refractivity contribution is 6.36. The van der Waals surface area contributed by atoms with Gasteiger partial charge >= 0.3 is 0 Å². The van der Waals surface area contributed by atoms with Gasteiger partial charge in [-0.3, -0.25) is 0 Å². The second-order valence-electron chi connectivity index (χ2n) is 6.33. The van der Waals surface area contributed by atoms with Crippen LogP contribution in [-0.4, -0.2) is 24.7 Å². The summed E-state index contributed by atoms with van der Waals surface area (Å²) in [6.45, 7) is 11.0. The van der Waals surface area contributed by atoms with Crippen LogP contribution in [0.5, 0.6) is 0 Å². The summed E-state index contributed by atoms with van der Waals surface area (Å²) in [5.41, 5.74) is 1.23. The maximum Gasteiger partial charge on any atom is 0.0654 e. The minimum absolute atomic E-state index is 0.133. The van der Waals surface area contributed by atoms with Crippen molar-refractivity contribution < 1.29 is 0 Å². The van der Waals surface area contributed by atoms with E-state index in [0.29, 0.717) is 17.0 Å². The van der Waals surface area contributed by atoms with Gasteiger partial charge in [0.2, 0.25) is 0 Å². The highest BCUT2D eigenvalue weighted by atomic mass is 35.5. The van der Waals surface area contributed by atoms with Crippen LogP contribution in [-0.2, 0) is 0 Å². The fourth-order valence-corrected chi connectivity index (χ4v) is 3.34. The number of halogens is 2. The summed E-state index contributed by atoms with van der Waals surface area (Å²) in [6.07, 6.45) is 1.10. The molecule has 0 amide bonds. The van der Waals surface area contributed by atoms with Gasteiger partial charge in [0.25, 0.3) is 0 Å². The molecule has 0 aromatic heterocycles. The molecule has 1 aromatic rings. The summed E-state index contributed by atoms with van der Waals surface area (Å²) in [6, 6.07) is 6.25. The SMILES string of the molecule is CCC1(C)CN(c2ccc(Cl)cc2Cl)C(C(C)C)CN1. The summed E-state index contributed by atoms with van der Waals surface area (Å²) in [5, 5.41) is 5.12. The zero-order valence-corrected chi connectivity index (χ0v) is 14.2. The van der Waals surface area contributed by atoms with Gasteiger partial charge in [-0.15, -0.1) is 0 Å². The van der Waals surface area contributed by atoms with Crippen LogP contribution in [0.1, 0.15) is 34.1 Å². The molecule has 0 saturated carbocycles. The first kappa shape index (κ1) is 15.9. The molecule has 1 N–H and O–H groups in total. The number of rotatable bonds is 3. The van der Waals surface area contributed by atoms with Crippen LogP contribution in [0.25, 0.3) is 0 Å². The monoisotopic (exact) mass is 314 g/mol. The molecule has 4 heteroatoms. The molecule has 112 valence electrons. The summed E-state index contributed by atoms with van der Waals surface area (Å²) in [4.78, 5) is 2.45. The Balaban J connectivity index is 2.36. The van der Waals surface area contributed by atoms with Gasteiger partial charge in [-0.2, -0.15) is 0 Å². The van der Waals surface area contributed by atoms with E-state index in [0.717, 1.165) is 30.2 Å². The van der Waals surface area contributed by atoms with Gasteiger partial charge in [0, 0.05) is 29.7 Å². The van der Waals surface area contributed by atoms with E-state index in [4.69, 9.17) is 23.2 Å². The van der Waals surface area contributed by atoms with Crippen molar-refractivity contribution in [3.8, 4) is 0 Å². The van der Waals surface area contributed by atoms with E-state index < -0.39 is 0 Å².